The average molecular weight is 506 g/mol. The Morgan fingerprint density at radius 2 is 2.00 bits per heavy atom. The van der Waals surface area contributed by atoms with E-state index < -0.39 is 0 Å². The van der Waals surface area contributed by atoms with Crippen LogP contribution in [0.2, 0.25) is 0 Å². The minimum Gasteiger partial charge on any atom is -0.454 e. The lowest BCUT2D eigenvalue weighted by molar-refractivity contribution is -0.115. The van der Waals surface area contributed by atoms with Gasteiger partial charge in [-0.3, -0.25) is 9.79 Å². The third-order valence-electron chi connectivity index (χ3n) is 4.10. The van der Waals surface area contributed by atoms with E-state index in [-0.39, 0.29) is 43.2 Å². The van der Waals surface area contributed by atoms with Crippen LogP contribution < -0.4 is 25.4 Å². The van der Waals surface area contributed by atoms with Gasteiger partial charge in [0.25, 0.3) is 0 Å². The summed E-state index contributed by atoms with van der Waals surface area (Å²) in [6, 6.07) is 13.0. The average Bonchev–Trinajstić information content (AvgIpc) is 3.18. The molecule has 1 aliphatic heterocycles. The molecule has 152 valence electrons. The van der Waals surface area contributed by atoms with E-state index in [9.17, 15) is 4.79 Å². The molecule has 1 heterocycles. The third-order valence-corrected chi connectivity index (χ3v) is 4.10. The number of ether oxygens (including phenoxy) is 2. The molecule has 0 spiro atoms. The fourth-order valence-corrected chi connectivity index (χ4v) is 2.70. The summed E-state index contributed by atoms with van der Waals surface area (Å²) in [7, 11) is 1.66. The van der Waals surface area contributed by atoms with Crippen molar-refractivity contribution in [3.63, 3.8) is 0 Å². The molecule has 29 heavy (non-hydrogen) atoms. The molecule has 0 bridgehead atoms. The molecule has 1 aliphatic rings. The highest BCUT2D eigenvalue weighted by molar-refractivity contribution is 14.0. The number of halogens is 1. The lowest BCUT2D eigenvalue weighted by Gasteiger charge is -2.12. The minimum absolute atomic E-state index is 0. The monoisotopic (exact) mass is 506 g/mol. The van der Waals surface area contributed by atoms with Crippen molar-refractivity contribution in [1.82, 2.24) is 10.6 Å². The number of carbonyl (C=O) groups is 1. The number of fused-ring (bicyclic) bond motifs is 1. The number of hydrogen-bond acceptors (Lipinski definition) is 4. The van der Waals surface area contributed by atoms with Crippen molar-refractivity contribution in [3.05, 3.63) is 53.6 Å². The van der Waals surface area contributed by atoms with Crippen molar-refractivity contribution < 1.29 is 14.3 Å². The van der Waals surface area contributed by atoms with Crippen LogP contribution in [0.4, 0.5) is 5.69 Å². The normalized spacial score (nSPS) is 11.8. The zero-order valence-electron chi connectivity index (χ0n) is 16.0. The second-order valence-corrected chi connectivity index (χ2v) is 6.06. The summed E-state index contributed by atoms with van der Waals surface area (Å²) < 4.78 is 10.7. The molecule has 0 fully saturated rings. The van der Waals surface area contributed by atoms with Crippen LogP contribution in [0.5, 0.6) is 11.5 Å². The molecule has 2 aromatic rings. The van der Waals surface area contributed by atoms with Crippen LogP contribution in [0.3, 0.4) is 0 Å². The molecule has 8 heteroatoms. The topological polar surface area (TPSA) is 84.0 Å². The van der Waals surface area contributed by atoms with Gasteiger partial charge in [-0.2, -0.15) is 0 Å². The number of nitrogens with zero attached hydrogens (tertiary/aromatic N) is 1. The van der Waals surface area contributed by atoms with E-state index in [4.69, 9.17) is 15.9 Å². The smallest absolute Gasteiger partial charge is 0.243 e. The molecule has 7 nitrogen and oxygen atoms in total. The first-order valence-electron chi connectivity index (χ1n) is 8.87. The van der Waals surface area contributed by atoms with Crippen LogP contribution in [0.15, 0.2) is 47.5 Å². The molecule has 0 saturated carbocycles. The first-order chi connectivity index (χ1) is 13.7. The maximum atomic E-state index is 12.1. The predicted molar refractivity (Wildman–Crippen MR) is 124 cm³/mol. The number of carbonyl (C=O) groups excluding carboxylic acids is 1. The Morgan fingerprint density at radius 1 is 1.17 bits per heavy atom. The van der Waals surface area contributed by atoms with Gasteiger partial charge in [-0.05, 0) is 42.3 Å². The Balaban J connectivity index is 0.00000300. The first kappa shape index (κ1) is 22.4. The van der Waals surface area contributed by atoms with Gasteiger partial charge < -0.3 is 25.4 Å². The number of terminal acetylenes is 1. The Hall–Kier alpha value is -2.93. The SMILES string of the molecule is C#Cc1cccc(NC(=O)CNC(=NC)NCCc2ccc3c(c2)OCO3)c1.I. The van der Waals surface area contributed by atoms with Gasteiger partial charge >= 0.3 is 0 Å². The summed E-state index contributed by atoms with van der Waals surface area (Å²) >= 11 is 0. The van der Waals surface area contributed by atoms with Gasteiger partial charge in [-0.1, -0.05) is 18.1 Å². The Kier molecular flexibility index (Phi) is 8.61. The number of amides is 1. The lowest BCUT2D eigenvalue weighted by atomic mass is 10.1. The fraction of sp³-hybridized carbons (Fsp3) is 0.238. The van der Waals surface area contributed by atoms with Crippen LogP contribution >= 0.6 is 24.0 Å². The highest BCUT2D eigenvalue weighted by Crippen LogP contribution is 2.32. The number of aliphatic imine (C=N–C) groups is 1. The van der Waals surface area contributed by atoms with E-state index in [0.717, 1.165) is 23.5 Å². The van der Waals surface area contributed by atoms with Crippen LogP contribution in [0, 0.1) is 12.3 Å². The van der Waals surface area contributed by atoms with Gasteiger partial charge in [0.2, 0.25) is 12.7 Å². The highest BCUT2D eigenvalue weighted by Gasteiger charge is 2.13. The molecule has 0 aromatic heterocycles. The molecule has 0 atom stereocenters. The van der Waals surface area contributed by atoms with Crippen molar-refractivity contribution in [2.75, 3.05) is 32.2 Å². The van der Waals surface area contributed by atoms with E-state index in [1.807, 2.05) is 18.2 Å². The van der Waals surface area contributed by atoms with Crippen molar-refractivity contribution in [3.8, 4) is 23.8 Å². The predicted octanol–water partition coefficient (Wildman–Crippen LogP) is 2.36. The van der Waals surface area contributed by atoms with Crippen molar-refractivity contribution in [2.45, 2.75) is 6.42 Å². The van der Waals surface area contributed by atoms with Crippen molar-refractivity contribution in [1.29, 1.82) is 0 Å². The van der Waals surface area contributed by atoms with E-state index in [1.54, 1.807) is 31.3 Å². The second-order valence-electron chi connectivity index (χ2n) is 6.06. The zero-order chi connectivity index (χ0) is 19.8. The third kappa shape index (κ3) is 6.57. The number of hydrogen-bond donors (Lipinski definition) is 3. The Bertz CT molecular complexity index is 924. The molecule has 0 saturated heterocycles. The van der Waals surface area contributed by atoms with E-state index in [2.05, 4.69) is 26.9 Å². The van der Waals surface area contributed by atoms with Gasteiger partial charge in [0.1, 0.15) is 0 Å². The van der Waals surface area contributed by atoms with Crippen LogP contribution in [0.1, 0.15) is 11.1 Å². The number of guanidine groups is 1. The minimum atomic E-state index is -0.187. The molecule has 3 N–H and O–H groups in total. The van der Waals surface area contributed by atoms with Gasteiger partial charge in [0.05, 0.1) is 6.54 Å². The van der Waals surface area contributed by atoms with Crippen molar-refractivity contribution >= 4 is 41.5 Å². The van der Waals surface area contributed by atoms with Gasteiger partial charge in [-0.15, -0.1) is 30.4 Å². The number of nitrogens with one attached hydrogen (secondary N) is 3. The van der Waals surface area contributed by atoms with Gasteiger partial charge in [-0.25, -0.2) is 0 Å². The quantitative estimate of drug-likeness (QED) is 0.243. The van der Waals surface area contributed by atoms with Gasteiger partial charge in [0, 0.05) is 24.8 Å². The van der Waals surface area contributed by atoms with Crippen LogP contribution in [0.25, 0.3) is 0 Å². The number of rotatable bonds is 6. The van der Waals surface area contributed by atoms with E-state index in [1.165, 1.54) is 0 Å². The summed E-state index contributed by atoms with van der Waals surface area (Å²) in [5.41, 5.74) is 2.50. The van der Waals surface area contributed by atoms with Crippen LogP contribution in [-0.4, -0.2) is 38.8 Å². The van der Waals surface area contributed by atoms with E-state index >= 15 is 0 Å². The second kappa shape index (κ2) is 11.2. The number of benzene rings is 2. The van der Waals surface area contributed by atoms with E-state index in [0.29, 0.717) is 23.8 Å². The van der Waals surface area contributed by atoms with Gasteiger partial charge in [0.15, 0.2) is 17.5 Å². The molecule has 3 rings (SSSR count). The molecular formula is C21H23IN4O3. The Labute approximate surface area is 187 Å². The standard InChI is InChI=1S/C21H22N4O3.HI/c1-3-15-5-4-6-17(11-15)25-20(26)13-24-21(22-2)23-10-9-16-7-8-18-19(12-16)28-14-27-18;/h1,4-8,11-12H,9-10,13-14H2,2H3,(H,25,26)(H2,22,23,24);1H. The summed E-state index contributed by atoms with van der Waals surface area (Å²) in [6.45, 7) is 1.01. The zero-order valence-corrected chi connectivity index (χ0v) is 18.4. The fourth-order valence-electron chi connectivity index (χ4n) is 2.70. The summed E-state index contributed by atoms with van der Waals surface area (Å²) in [6.07, 6.45) is 6.15. The molecule has 0 aliphatic carbocycles. The summed E-state index contributed by atoms with van der Waals surface area (Å²) in [5.74, 6) is 4.44. The van der Waals surface area contributed by atoms with Crippen molar-refractivity contribution in [2.24, 2.45) is 4.99 Å². The number of anilines is 1. The molecule has 0 unspecified atom stereocenters. The molecular weight excluding hydrogens is 483 g/mol. The highest BCUT2D eigenvalue weighted by atomic mass is 127. The Morgan fingerprint density at radius 3 is 2.79 bits per heavy atom. The lowest BCUT2D eigenvalue weighted by Crippen LogP contribution is -2.42. The maximum Gasteiger partial charge on any atom is 0.243 e. The first-order valence-corrected chi connectivity index (χ1v) is 8.87. The molecule has 1 amide bonds. The summed E-state index contributed by atoms with van der Waals surface area (Å²) in [4.78, 5) is 16.2. The van der Waals surface area contributed by atoms with Crippen LogP contribution in [-0.2, 0) is 11.2 Å². The largest absolute Gasteiger partial charge is 0.454 e. The maximum absolute atomic E-state index is 12.1. The molecule has 0 radical (unpaired) electrons. The molecule has 2 aromatic carbocycles. The summed E-state index contributed by atoms with van der Waals surface area (Å²) in [5, 5.41) is 8.97.